The highest BCUT2D eigenvalue weighted by atomic mass is 32.1. The number of thiophene rings is 4. The van der Waals surface area contributed by atoms with Crippen molar-refractivity contribution in [1.29, 1.82) is 0 Å². The average molecular weight is 1140 g/mol. The summed E-state index contributed by atoms with van der Waals surface area (Å²) in [5, 5.41) is 8.32. The van der Waals surface area contributed by atoms with Gasteiger partial charge in [-0.15, -0.1) is 45.3 Å². The van der Waals surface area contributed by atoms with Crippen LogP contribution >= 0.6 is 45.3 Å². The fourth-order valence-corrected chi connectivity index (χ4v) is 19.1. The van der Waals surface area contributed by atoms with E-state index in [2.05, 4.69) is 119 Å². The molecule has 0 fully saturated rings. The average Bonchev–Trinajstić information content (AvgIpc) is 4.47. The number of fused-ring (bicyclic) bond motifs is 11. The Bertz CT molecular complexity index is 2490. The molecule has 438 valence electrons. The van der Waals surface area contributed by atoms with Crippen LogP contribution < -0.4 is 0 Å². The summed E-state index contributed by atoms with van der Waals surface area (Å²) in [5.41, 5.74) is 9.69. The van der Waals surface area contributed by atoms with Gasteiger partial charge in [0.05, 0.1) is 50.3 Å². The molecule has 0 bridgehead atoms. The van der Waals surface area contributed by atoms with E-state index in [-0.39, 0.29) is 0 Å². The van der Waals surface area contributed by atoms with Crippen LogP contribution in [0.5, 0.6) is 0 Å². The third-order valence-corrected chi connectivity index (χ3v) is 23.4. The van der Waals surface area contributed by atoms with Crippen molar-refractivity contribution in [2.75, 3.05) is 0 Å². The number of hydrogen-bond acceptors (Lipinski definition) is 4. The lowest BCUT2D eigenvalue weighted by molar-refractivity contribution is 0.363. The highest BCUT2D eigenvalue weighted by Crippen LogP contribution is 2.51. The van der Waals surface area contributed by atoms with Crippen molar-refractivity contribution in [1.82, 2.24) is 9.13 Å². The second kappa shape index (κ2) is 36.7. The van der Waals surface area contributed by atoms with Crippen LogP contribution in [-0.2, 0) is 25.9 Å². The molecule has 6 aromatic heterocycles. The molecule has 1 aromatic carbocycles. The minimum Gasteiger partial charge on any atom is -0.337 e. The normalized spacial score (nSPS) is 13.2. The number of nitrogens with zero attached hydrogens (tertiary/aromatic N) is 2. The molecule has 0 amide bonds. The quantitative estimate of drug-likeness (QED) is 0.0337. The van der Waals surface area contributed by atoms with E-state index < -0.39 is 0 Å². The van der Waals surface area contributed by atoms with Crippen LogP contribution in [0.15, 0.2) is 22.9 Å². The Kier molecular flexibility index (Phi) is 29.9. The van der Waals surface area contributed by atoms with Crippen LogP contribution in [-0.4, -0.2) is 9.13 Å². The summed E-state index contributed by atoms with van der Waals surface area (Å²) in [6.07, 6.45) is 60.8. The van der Waals surface area contributed by atoms with Crippen LogP contribution in [0, 0.1) is 11.8 Å². The van der Waals surface area contributed by atoms with Gasteiger partial charge in [0.1, 0.15) is 0 Å². The van der Waals surface area contributed by atoms with Crippen LogP contribution in [0.25, 0.3) is 61.0 Å². The second-order valence-electron chi connectivity index (χ2n) is 25.2. The molecule has 6 heterocycles. The molecular formula is C72H116N2S4. The van der Waals surface area contributed by atoms with Crippen LogP contribution in [0.4, 0.5) is 0 Å². The van der Waals surface area contributed by atoms with Gasteiger partial charge in [-0.3, -0.25) is 0 Å². The molecular weight excluding hydrogens is 1020 g/mol. The van der Waals surface area contributed by atoms with E-state index in [0.29, 0.717) is 0 Å². The van der Waals surface area contributed by atoms with Gasteiger partial charge in [0, 0.05) is 23.9 Å². The first kappa shape index (κ1) is 63.7. The van der Waals surface area contributed by atoms with Crippen molar-refractivity contribution in [3.05, 3.63) is 34.0 Å². The SMILES string of the molecule is CCCCCCCCCCCc1csc2c1sc1c3ccc4c5sc6c(CCCCCCCCCCC)csc6c5n(CC(CCCCCC)CCCCCCCC)c4c3n(CC(CCCCCC)CCCCCCCC)c21. The van der Waals surface area contributed by atoms with Crippen LogP contribution in [0.3, 0.4) is 0 Å². The molecule has 0 saturated heterocycles. The Morgan fingerprint density at radius 1 is 0.295 bits per heavy atom. The summed E-state index contributed by atoms with van der Waals surface area (Å²) < 4.78 is 15.7. The van der Waals surface area contributed by atoms with Crippen molar-refractivity contribution in [3.8, 4) is 0 Å². The van der Waals surface area contributed by atoms with Gasteiger partial charge >= 0.3 is 0 Å². The summed E-state index contributed by atoms with van der Waals surface area (Å²) >= 11 is 8.57. The van der Waals surface area contributed by atoms with Crippen LogP contribution in [0.1, 0.15) is 322 Å². The number of hydrogen-bond donors (Lipinski definition) is 0. The Morgan fingerprint density at radius 3 is 0.872 bits per heavy atom. The summed E-state index contributed by atoms with van der Waals surface area (Å²) in [5.74, 6) is 1.43. The zero-order chi connectivity index (χ0) is 54.6. The summed E-state index contributed by atoms with van der Waals surface area (Å²) in [6.45, 7) is 16.5. The number of benzene rings is 1. The van der Waals surface area contributed by atoms with E-state index in [0.717, 1.165) is 11.8 Å². The molecule has 0 radical (unpaired) electrons. The lowest BCUT2D eigenvalue weighted by Gasteiger charge is -2.22. The van der Waals surface area contributed by atoms with Gasteiger partial charge in [-0.2, -0.15) is 0 Å². The van der Waals surface area contributed by atoms with Gasteiger partial charge in [0.25, 0.3) is 0 Å². The largest absolute Gasteiger partial charge is 0.337 e. The van der Waals surface area contributed by atoms with E-state index in [1.807, 2.05) is 0 Å². The van der Waals surface area contributed by atoms with E-state index in [1.165, 1.54) is 296 Å². The number of aryl methyl sites for hydroxylation is 2. The molecule has 0 spiro atoms. The Labute approximate surface area is 495 Å². The molecule has 7 rings (SSSR count). The van der Waals surface area contributed by atoms with Crippen molar-refractivity contribution in [2.45, 2.75) is 337 Å². The molecule has 6 heteroatoms. The highest BCUT2D eigenvalue weighted by Gasteiger charge is 2.28. The summed E-state index contributed by atoms with van der Waals surface area (Å²) in [6, 6.07) is 5.28. The predicted molar refractivity (Wildman–Crippen MR) is 361 cm³/mol. The zero-order valence-electron chi connectivity index (χ0n) is 51.5. The van der Waals surface area contributed by atoms with Gasteiger partial charge in [-0.1, -0.05) is 285 Å². The van der Waals surface area contributed by atoms with Gasteiger partial charge in [-0.05, 0) is 85.1 Å². The topological polar surface area (TPSA) is 9.86 Å². The van der Waals surface area contributed by atoms with E-state index in [9.17, 15) is 0 Å². The first-order chi connectivity index (χ1) is 38.6. The second-order valence-corrected chi connectivity index (χ2v) is 29.0. The number of unbranched alkanes of at least 4 members (excludes halogenated alkanes) is 32. The molecule has 0 aliphatic rings. The van der Waals surface area contributed by atoms with Crippen molar-refractivity contribution >= 4 is 106 Å². The van der Waals surface area contributed by atoms with E-state index in [1.54, 1.807) is 72.2 Å². The molecule has 0 saturated carbocycles. The molecule has 7 aromatic rings. The minimum atomic E-state index is 0.717. The highest BCUT2D eigenvalue weighted by molar-refractivity contribution is 7.33. The number of aromatic nitrogens is 2. The molecule has 0 aliphatic carbocycles. The van der Waals surface area contributed by atoms with E-state index in [4.69, 9.17) is 0 Å². The first-order valence-corrected chi connectivity index (χ1v) is 37.8. The fraction of sp³-hybridized carbons (Fsp3) is 0.750. The summed E-state index contributed by atoms with van der Waals surface area (Å²) in [4.78, 5) is 0. The standard InChI is InChI=1S/C72H116N2S4/c1-7-13-19-25-29-31-33-37-43-49-59-55-75-71-65-69(77-67(59)71)61-51-52-62-64(63(61)73(65)53-57(45-39-23-17-11-5)47-41-35-27-21-15-9-3)74(54-58(46-40-24-18-12-6)48-42-36-28-22-16-10-4)66-70(62)78-68-60(56-76-72(66)68)50-44-38-34-32-30-26-20-14-8-2/h51-52,55-58H,7-50,53-54H2,1-6H3. The molecule has 78 heavy (non-hydrogen) atoms. The lowest BCUT2D eigenvalue weighted by atomic mass is 9.93. The monoisotopic (exact) mass is 1140 g/mol. The van der Waals surface area contributed by atoms with Crippen molar-refractivity contribution < 1.29 is 0 Å². The Balaban J connectivity index is 1.31. The smallest absolute Gasteiger partial charge is 0.0783 e. The maximum absolute atomic E-state index is 3.02. The molecule has 2 atom stereocenters. The Morgan fingerprint density at radius 2 is 0.564 bits per heavy atom. The first-order valence-electron chi connectivity index (χ1n) is 34.4. The van der Waals surface area contributed by atoms with Gasteiger partial charge in [-0.25, -0.2) is 0 Å². The Hall–Kier alpha value is -1.86. The third kappa shape index (κ3) is 18.3. The zero-order valence-corrected chi connectivity index (χ0v) is 54.8. The molecule has 0 N–H and O–H groups in total. The lowest BCUT2D eigenvalue weighted by Crippen LogP contribution is -2.14. The molecule has 2 nitrogen and oxygen atoms in total. The maximum atomic E-state index is 3.02. The number of rotatable bonds is 48. The van der Waals surface area contributed by atoms with Crippen molar-refractivity contribution in [3.63, 3.8) is 0 Å². The summed E-state index contributed by atoms with van der Waals surface area (Å²) in [7, 11) is 0. The predicted octanol–water partition coefficient (Wildman–Crippen LogP) is 27.3. The van der Waals surface area contributed by atoms with Gasteiger partial charge < -0.3 is 9.13 Å². The molecule has 0 aliphatic heterocycles. The van der Waals surface area contributed by atoms with Gasteiger partial charge in [0.15, 0.2) is 0 Å². The fourth-order valence-electron chi connectivity index (χ4n) is 13.7. The third-order valence-electron chi connectivity index (χ3n) is 18.5. The maximum Gasteiger partial charge on any atom is 0.0783 e. The van der Waals surface area contributed by atoms with Crippen molar-refractivity contribution in [2.24, 2.45) is 11.8 Å². The molecule has 2 unspecified atom stereocenters. The van der Waals surface area contributed by atoms with Crippen LogP contribution in [0.2, 0.25) is 0 Å². The van der Waals surface area contributed by atoms with E-state index >= 15 is 0 Å². The minimum absolute atomic E-state index is 0.717. The van der Waals surface area contributed by atoms with Gasteiger partial charge in [0.2, 0.25) is 0 Å².